The molecule has 0 saturated carbocycles. The minimum absolute atomic E-state index is 0.227. The standard InChI is InChI=1S/C23H25N7O2/c31-20-2-1-7-28(20)8-9-30-23-18(15-25-30)22(29-10-12-32-13-11-29)26-21(27-23)17-3-4-19-16(14-17)5-6-24-19/h3-6,14-15,24H,1-2,7-13H2. The van der Waals surface area contributed by atoms with Gasteiger partial charge in [-0.05, 0) is 30.7 Å². The summed E-state index contributed by atoms with van der Waals surface area (Å²) in [6.07, 6.45) is 5.38. The highest BCUT2D eigenvalue weighted by molar-refractivity contribution is 5.90. The second-order valence-electron chi connectivity index (χ2n) is 8.34. The average molecular weight is 432 g/mol. The van der Waals surface area contributed by atoms with Gasteiger partial charge in [0.1, 0.15) is 5.82 Å². The van der Waals surface area contributed by atoms with Crippen LogP contribution in [0.25, 0.3) is 33.3 Å². The van der Waals surface area contributed by atoms with Gasteiger partial charge in [0.2, 0.25) is 5.91 Å². The first-order valence-electron chi connectivity index (χ1n) is 11.2. The Morgan fingerprint density at radius 2 is 1.97 bits per heavy atom. The van der Waals surface area contributed by atoms with Crippen LogP contribution in [0.15, 0.2) is 36.7 Å². The Labute approximate surface area is 185 Å². The van der Waals surface area contributed by atoms with Crippen molar-refractivity contribution in [3.05, 3.63) is 36.7 Å². The molecule has 0 unspecified atom stereocenters. The number of likely N-dealkylation sites (tertiary alicyclic amines) is 1. The van der Waals surface area contributed by atoms with Crippen LogP contribution in [0.3, 0.4) is 0 Å². The molecule has 2 aliphatic rings. The van der Waals surface area contributed by atoms with E-state index in [9.17, 15) is 4.79 Å². The lowest BCUT2D eigenvalue weighted by molar-refractivity contribution is -0.127. The van der Waals surface area contributed by atoms with Gasteiger partial charge in [-0.15, -0.1) is 0 Å². The molecule has 1 aromatic carbocycles. The quantitative estimate of drug-likeness (QED) is 0.522. The van der Waals surface area contributed by atoms with E-state index in [0.717, 1.165) is 59.4 Å². The van der Waals surface area contributed by atoms with Crippen molar-refractivity contribution in [1.29, 1.82) is 0 Å². The number of hydrogen-bond acceptors (Lipinski definition) is 6. The molecule has 3 aromatic heterocycles. The molecule has 9 nitrogen and oxygen atoms in total. The third-order valence-electron chi connectivity index (χ3n) is 6.35. The molecule has 2 saturated heterocycles. The molecule has 9 heteroatoms. The van der Waals surface area contributed by atoms with E-state index in [2.05, 4.69) is 33.2 Å². The zero-order valence-electron chi connectivity index (χ0n) is 17.8. The molecule has 32 heavy (non-hydrogen) atoms. The summed E-state index contributed by atoms with van der Waals surface area (Å²) in [6, 6.07) is 8.27. The number of nitrogens with one attached hydrogen (secondary N) is 1. The number of benzene rings is 1. The number of ether oxygens (including phenoxy) is 1. The maximum Gasteiger partial charge on any atom is 0.222 e. The zero-order valence-corrected chi connectivity index (χ0v) is 17.8. The van der Waals surface area contributed by atoms with Gasteiger partial charge in [-0.2, -0.15) is 5.10 Å². The molecule has 0 bridgehead atoms. The fourth-order valence-electron chi connectivity index (χ4n) is 4.60. The fraction of sp³-hybridized carbons (Fsp3) is 0.391. The van der Waals surface area contributed by atoms with Crippen molar-refractivity contribution >= 4 is 33.7 Å². The van der Waals surface area contributed by atoms with E-state index in [1.807, 2.05) is 28.0 Å². The number of nitrogens with zero attached hydrogens (tertiary/aromatic N) is 6. The van der Waals surface area contributed by atoms with Gasteiger partial charge in [-0.25, -0.2) is 14.6 Å². The molecule has 0 atom stereocenters. The van der Waals surface area contributed by atoms with Crippen molar-refractivity contribution in [3.63, 3.8) is 0 Å². The zero-order chi connectivity index (χ0) is 21.5. The van der Waals surface area contributed by atoms with E-state index in [-0.39, 0.29) is 5.91 Å². The van der Waals surface area contributed by atoms with Gasteiger partial charge in [-0.1, -0.05) is 0 Å². The first-order valence-corrected chi connectivity index (χ1v) is 11.2. The lowest BCUT2D eigenvalue weighted by Crippen LogP contribution is -2.37. The summed E-state index contributed by atoms with van der Waals surface area (Å²) in [7, 11) is 0. The summed E-state index contributed by atoms with van der Waals surface area (Å²) in [5.74, 6) is 1.80. The Morgan fingerprint density at radius 3 is 2.81 bits per heavy atom. The lowest BCUT2D eigenvalue weighted by atomic mass is 10.1. The van der Waals surface area contributed by atoms with Crippen LogP contribution in [0.1, 0.15) is 12.8 Å². The molecule has 4 aromatic rings. The van der Waals surface area contributed by atoms with Crippen molar-refractivity contribution in [3.8, 4) is 11.4 Å². The number of aromatic nitrogens is 5. The van der Waals surface area contributed by atoms with Crippen LogP contribution in [0.5, 0.6) is 0 Å². The molecule has 1 amide bonds. The largest absolute Gasteiger partial charge is 0.378 e. The number of hydrogen-bond donors (Lipinski definition) is 1. The molecule has 0 spiro atoms. The summed E-state index contributed by atoms with van der Waals surface area (Å²) in [5.41, 5.74) is 2.86. The van der Waals surface area contributed by atoms with Crippen molar-refractivity contribution in [2.75, 3.05) is 44.3 Å². The number of aromatic amines is 1. The van der Waals surface area contributed by atoms with Crippen LogP contribution in [0.4, 0.5) is 5.82 Å². The molecule has 164 valence electrons. The van der Waals surface area contributed by atoms with Crippen LogP contribution in [-0.2, 0) is 16.1 Å². The number of H-pyrrole nitrogens is 1. The van der Waals surface area contributed by atoms with E-state index in [1.54, 1.807) is 0 Å². The SMILES string of the molecule is O=C1CCCN1CCn1ncc2c(N3CCOCC3)nc(-c3ccc4[nH]ccc4c3)nc21. The Kier molecular flexibility index (Phi) is 4.75. The van der Waals surface area contributed by atoms with Crippen LogP contribution in [0, 0.1) is 0 Å². The summed E-state index contributed by atoms with van der Waals surface area (Å²) in [6.45, 7) is 5.03. The third-order valence-corrected chi connectivity index (χ3v) is 6.35. The summed E-state index contributed by atoms with van der Waals surface area (Å²) >= 11 is 0. The third kappa shape index (κ3) is 3.38. The predicted molar refractivity (Wildman–Crippen MR) is 121 cm³/mol. The van der Waals surface area contributed by atoms with Crippen molar-refractivity contribution in [1.82, 2.24) is 29.6 Å². The highest BCUT2D eigenvalue weighted by Gasteiger charge is 2.23. The first kappa shape index (κ1) is 19.2. The minimum Gasteiger partial charge on any atom is -0.378 e. The smallest absolute Gasteiger partial charge is 0.222 e. The van der Waals surface area contributed by atoms with Crippen LogP contribution in [-0.4, -0.2) is 74.9 Å². The lowest BCUT2D eigenvalue weighted by Gasteiger charge is -2.28. The number of morpholine rings is 1. The molecule has 0 radical (unpaired) electrons. The van der Waals surface area contributed by atoms with Crippen molar-refractivity contribution < 1.29 is 9.53 Å². The van der Waals surface area contributed by atoms with Gasteiger partial charge in [0.05, 0.1) is 31.3 Å². The molecule has 2 fully saturated rings. The summed E-state index contributed by atoms with van der Waals surface area (Å²) < 4.78 is 7.46. The van der Waals surface area contributed by atoms with E-state index in [0.29, 0.717) is 38.5 Å². The van der Waals surface area contributed by atoms with Gasteiger partial charge in [0.25, 0.3) is 0 Å². The van der Waals surface area contributed by atoms with Crippen molar-refractivity contribution in [2.24, 2.45) is 0 Å². The van der Waals surface area contributed by atoms with Crippen LogP contribution in [0.2, 0.25) is 0 Å². The Hall–Kier alpha value is -3.46. The van der Waals surface area contributed by atoms with Gasteiger partial charge in [0.15, 0.2) is 11.5 Å². The second-order valence-corrected chi connectivity index (χ2v) is 8.34. The predicted octanol–water partition coefficient (Wildman–Crippen LogP) is 2.43. The molecule has 1 N–H and O–H groups in total. The average Bonchev–Trinajstić information content (AvgIpc) is 3.57. The maximum absolute atomic E-state index is 12.0. The van der Waals surface area contributed by atoms with Crippen LogP contribution < -0.4 is 4.90 Å². The minimum atomic E-state index is 0.227. The second kappa shape index (κ2) is 7.90. The monoisotopic (exact) mass is 431 g/mol. The highest BCUT2D eigenvalue weighted by Crippen LogP contribution is 2.29. The molecule has 2 aliphatic heterocycles. The topological polar surface area (TPSA) is 92.2 Å². The molecule has 0 aliphatic carbocycles. The number of fused-ring (bicyclic) bond motifs is 2. The number of amides is 1. The van der Waals surface area contributed by atoms with Gasteiger partial charge >= 0.3 is 0 Å². The van der Waals surface area contributed by atoms with E-state index < -0.39 is 0 Å². The number of carbonyl (C=O) groups excluding carboxylic acids is 1. The summed E-state index contributed by atoms with van der Waals surface area (Å²) in [5, 5.41) is 6.69. The maximum atomic E-state index is 12.0. The van der Waals surface area contributed by atoms with Gasteiger partial charge in [-0.3, -0.25) is 4.79 Å². The Morgan fingerprint density at radius 1 is 1.06 bits per heavy atom. The van der Waals surface area contributed by atoms with Crippen molar-refractivity contribution in [2.45, 2.75) is 19.4 Å². The van der Waals surface area contributed by atoms with E-state index >= 15 is 0 Å². The summed E-state index contributed by atoms with van der Waals surface area (Å²) in [4.78, 5) is 29.3. The molecule has 5 heterocycles. The van der Waals surface area contributed by atoms with Gasteiger partial charge in [0, 0.05) is 55.3 Å². The first-order chi connectivity index (χ1) is 15.8. The highest BCUT2D eigenvalue weighted by atomic mass is 16.5. The van der Waals surface area contributed by atoms with Gasteiger partial charge < -0.3 is 19.5 Å². The van der Waals surface area contributed by atoms with E-state index in [4.69, 9.17) is 14.7 Å². The van der Waals surface area contributed by atoms with E-state index in [1.165, 1.54) is 0 Å². The normalized spacial score (nSPS) is 17.2. The number of carbonyl (C=O) groups is 1. The van der Waals surface area contributed by atoms with Crippen LogP contribution >= 0.6 is 0 Å². The molecular formula is C23H25N7O2. The number of anilines is 1. The Balaban J connectivity index is 1.42. The molecular weight excluding hydrogens is 406 g/mol. The Bertz CT molecular complexity index is 1290. The fourth-order valence-corrected chi connectivity index (χ4v) is 4.60. The molecule has 6 rings (SSSR count). The number of rotatable bonds is 5.